The topological polar surface area (TPSA) is 46.2 Å². The predicted octanol–water partition coefficient (Wildman–Crippen LogP) is 1.77. The highest BCUT2D eigenvalue weighted by Gasteiger charge is 1.90. The summed E-state index contributed by atoms with van der Waals surface area (Å²) >= 11 is 0. The third-order valence-corrected chi connectivity index (χ3v) is 0.759. The van der Waals surface area contributed by atoms with Crippen LogP contribution >= 0.6 is 0 Å². The molecule has 2 heteroatoms. The van der Waals surface area contributed by atoms with E-state index in [-0.39, 0.29) is 12.6 Å². The van der Waals surface area contributed by atoms with Gasteiger partial charge >= 0.3 is 0 Å². The summed E-state index contributed by atoms with van der Waals surface area (Å²) in [7, 11) is 0. The van der Waals surface area contributed by atoms with E-state index in [9.17, 15) is 0 Å². The van der Waals surface area contributed by atoms with Gasteiger partial charge in [-0.15, -0.1) is 0 Å². The summed E-state index contributed by atoms with van der Waals surface area (Å²) in [6.45, 7) is 10.1. The van der Waals surface area contributed by atoms with Gasteiger partial charge in [0.05, 0.1) is 6.61 Å². The van der Waals surface area contributed by atoms with Crippen molar-refractivity contribution in [3.05, 3.63) is 0 Å². The van der Waals surface area contributed by atoms with Crippen LogP contribution in [0.5, 0.6) is 0 Å². The van der Waals surface area contributed by atoms with Crippen LogP contribution in [0.2, 0.25) is 0 Å². The summed E-state index contributed by atoms with van der Waals surface area (Å²) in [6, 6.07) is -0.00926. The molecule has 0 bridgehead atoms. The summed E-state index contributed by atoms with van der Waals surface area (Å²) in [5, 5.41) is 8.21. The molecule has 0 fully saturated rings. The van der Waals surface area contributed by atoms with Crippen LogP contribution in [-0.4, -0.2) is 17.8 Å². The van der Waals surface area contributed by atoms with Crippen LogP contribution in [0.1, 0.15) is 41.0 Å². The van der Waals surface area contributed by atoms with Crippen molar-refractivity contribution >= 4 is 0 Å². The van der Waals surface area contributed by atoms with Crippen molar-refractivity contribution in [1.29, 1.82) is 0 Å². The zero-order valence-electron chi connectivity index (χ0n) is 8.02. The fraction of sp³-hybridized carbons (Fsp3) is 1.00. The maximum Gasteiger partial charge on any atom is 0.0582 e. The van der Waals surface area contributed by atoms with Gasteiger partial charge in [-0.25, -0.2) is 0 Å². The highest BCUT2D eigenvalue weighted by molar-refractivity contribution is 4.51. The molecule has 0 spiro atoms. The van der Waals surface area contributed by atoms with Crippen LogP contribution in [0, 0.1) is 0 Å². The van der Waals surface area contributed by atoms with E-state index in [0.717, 1.165) is 6.42 Å². The van der Waals surface area contributed by atoms with Crippen LogP contribution in [-0.2, 0) is 0 Å². The van der Waals surface area contributed by atoms with E-state index in [1.54, 1.807) is 0 Å². The van der Waals surface area contributed by atoms with Crippen LogP contribution < -0.4 is 5.73 Å². The van der Waals surface area contributed by atoms with Gasteiger partial charge < -0.3 is 10.8 Å². The molecule has 0 rings (SSSR count). The minimum Gasteiger partial charge on any atom is -0.395 e. The molecule has 0 aromatic heterocycles. The molecule has 2 nitrogen and oxygen atoms in total. The first-order chi connectivity index (χ1) is 4.81. The second-order valence-electron chi connectivity index (χ2n) is 1.35. The fourth-order valence-corrected chi connectivity index (χ4v) is 0.129. The molecule has 0 aromatic rings. The summed E-state index contributed by atoms with van der Waals surface area (Å²) in [6.07, 6.45) is 0.858. The van der Waals surface area contributed by atoms with Gasteiger partial charge in [-0.3, -0.25) is 0 Å². The van der Waals surface area contributed by atoms with Gasteiger partial charge in [0, 0.05) is 6.04 Å². The predicted molar refractivity (Wildman–Crippen MR) is 48.0 cm³/mol. The summed E-state index contributed by atoms with van der Waals surface area (Å²) in [4.78, 5) is 0. The Balaban J connectivity index is -0.000000105. The molecule has 10 heavy (non-hydrogen) atoms. The molecule has 3 N–H and O–H groups in total. The molecule has 0 radical (unpaired) electrons. The van der Waals surface area contributed by atoms with E-state index < -0.39 is 0 Å². The van der Waals surface area contributed by atoms with Crippen molar-refractivity contribution in [3.8, 4) is 0 Å². The third kappa shape index (κ3) is 24.7. The van der Waals surface area contributed by atoms with Crippen molar-refractivity contribution in [1.82, 2.24) is 0 Å². The molecule has 0 amide bonds. The Hall–Kier alpha value is -0.0800. The minimum absolute atomic E-state index is 0.00926. The highest BCUT2D eigenvalue weighted by Crippen LogP contribution is 1.79. The molecule has 0 saturated heterocycles. The summed E-state index contributed by atoms with van der Waals surface area (Å²) in [5.41, 5.74) is 5.22. The molecule has 66 valence electrons. The van der Waals surface area contributed by atoms with Crippen LogP contribution in [0.15, 0.2) is 0 Å². The van der Waals surface area contributed by atoms with Gasteiger partial charge in [-0.05, 0) is 6.42 Å². The van der Waals surface area contributed by atoms with Gasteiger partial charge in [0.25, 0.3) is 0 Å². The second-order valence-corrected chi connectivity index (χ2v) is 1.35. The number of nitrogens with two attached hydrogens (primary N) is 1. The lowest BCUT2D eigenvalue weighted by atomic mass is 10.3. The largest absolute Gasteiger partial charge is 0.395 e. The minimum atomic E-state index is -0.00926. The molecule has 0 aliphatic carbocycles. The van der Waals surface area contributed by atoms with Crippen LogP contribution in [0.3, 0.4) is 0 Å². The molecule has 1 unspecified atom stereocenters. The molecular formula is C8H23NO. The monoisotopic (exact) mass is 149 g/mol. The first-order valence-electron chi connectivity index (χ1n) is 4.17. The number of rotatable bonds is 2. The van der Waals surface area contributed by atoms with E-state index >= 15 is 0 Å². The average Bonchev–Trinajstić information content (AvgIpc) is 2.10. The molecule has 0 aliphatic rings. The van der Waals surface area contributed by atoms with E-state index in [1.165, 1.54) is 0 Å². The lowest BCUT2D eigenvalue weighted by molar-refractivity contribution is 0.263. The SMILES string of the molecule is CC.CC.CCC(N)CO. The van der Waals surface area contributed by atoms with E-state index in [4.69, 9.17) is 10.8 Å². The Morgan fingerprint density at radius 3 is 1.50 bits per heavy atom. The standard InChI is InChI=1S/C4H11NO.2C2H6/c1-2-4(5)3-6;2*1-2/h4,6H,2-3,5H2,1H3;2*1-2H3. The van der Waals surface area contributed by atoms with E-state index in [2.05, 4.69) is 0 Å². The zero-order chi connectivity index (χ0) is 8.99. The maximum absolute atomic E-state index is 8.21. The number of aliphatic hydroxyl groups excluding tert-OH is 1. The Morgan fingerprint density at radius 1 is 1.20 bits per heavy atom. The molecule has 0 aromatic carbocycles. The van der Waals surface area contributed by atoms with Gasteiger partial charge in [0.15, 0.2) is 0 Å². The molecule has 0 aliphatic heterocycles. The lowest BCUT2D eigenvalue weighted by Gasteiger charge is -1.98. The average molecular weight is 149 g/mol. The zero-order valence-corrected chi connectivity index (χ0v) is 8.02. The lowest BCUT2D eigenvalue weighted by Crippen LogP contribution is -2.22. The van der Waals surface area contributed by atoms with Crippen LogP contribution in [0.25, 0.3) is 0 Å². The van der Waals surface area contributed by atoms with Crippen molar-refractivity contribution in [2.45, 2.75) is 47.1 Å². The highest BCUT2D eigenvalue weighted by atomic mass is 16.3. The van der Waals surface area contributed by atoms with E-state index in [0.29, 0.717) is 0 Å². The van der Waals surface area contributed by atoms with Crippen molar-refractivity contribution < 1.29 is 5.11 Å². The normalized spacial score (nSPS) is 9.90. The van der Waals surface area contributed by atoms with Crippen molar-refractivity contribution in [2.75, 3.05) is 6.61 Å². The van der Waals surface area contributed by atoms with Gasteiger partial charge in [-0.2, -0.15) is 0 Å². The van der Waals surface area contributed by atoms with E-state index in [1.807, 2.05) is 34.6 Å². The Morgan fingerprint density at radius 2 is 1.50 bits per heavy atom. The molecule has 1 atom stereocenters. The van der Waals surface area contributed by atoms with Crippen molar-refractivity contribution in [3.63, 3.8) is 0 Å². The number of hydrogen-bond donors (Lipinski definition) is 2. The smallest absolute Gasteiger partial charge is 0.0582 e. The van der Waals surface area contributed by atoms with Gasteiger partial charge in [0.1, 0.15) is 0 Å². The molecular weight excluding hydrogens is 126 g/mol. The van der Waals surface area contributed by atoms with Crippen molar-refractivity contribution in [2.24, 2.45) is 5.73 Å². The third-order valence-electron chi connectivity index (χ3n) is 0.759. The Kier molecular flexibility index (Phi) is 38.1. The Bertz CT molecular complexity index is 28.4. The molecule has 0 heterocycles. The number of aliphatic hydroxyl groups is 1. The Labute approximate surface area is 65.4 Å². The fourth-order valence-electron chi connectivity index (χ4n) is 0.129. The maximum atomic E-state index is 8.21. The number of hydrogen-bond acceptors (Lipinski definition) is 2. The van der Waals surface area contributed by atoms with Crippen LogP contribution in [0.4, 0.5) is 0 Å². The summed E-state index contributed by atoms with van der Waals surface area (Å²) < 4.78 is 0. The second kappa shape index (κ2) is 23.1. The summed E-state index contributed by atoms with van der Waals surface area (Å²) in [5.74, 6) is 0. The first-order valence-corrected chi connectivity index (χ1v) is 4.17. The molecule has 0 saturated carbocycles. The first kappa shape index (κ1) is 16.5. The van der Waals surface area contributed by atoms with Gasteiger partial charge in [-0.1, -0.05) is 34.6 Å². The quantitative estimate of drug-likeness (QED) is 0.628. The van der Waals surface area contributed by atoms with Gasteiger partial charge in [0.2, 0.25) is 0 Å².